The maximum Gasteiger partial charge on any atom is 0.254 e. The molecule has 1 aromatic rings. The summed E-state index contributed by atoms with van der Waals surface area (Å²) < 4.78 is 5.47. The summed E-state index contributed by atoms with van der Waals surface area (Å²) in [6, 6.07) is 10.0. The monoisotopic (exact) mass is 339 g/mol. The van der Waals surface area contributed by atoms with Crippen molar-refractivity contribution >= 4 is 5.91 Å². The van der Waals surface area contributed by atoms with Crippen LogP contribution in [0.25, 0.3) is 0 Å². The summed E-state index contributed by atoms with van der Waals surface area (Å²) in [6.45, 7) is 4.86. The number of carbonyl (C=O) groups is 1. The zero-order chi connectivity index (χ0) is 17.2. The van der Waals surface area contributed by atoms with Crippen molar-refractivity contribution in [2.75, 3.05) is 32.8 Å². The number of hydrogen-bond donors (Lipinski definition) is 0. The van der Waals surface area contributed by atoms with Gasteiger partial charge in [-0.25, -0.2) is 0 Å². The number of nitrogens with zero attached hydrogens (tertiary/aromatic N) is 3. The Labute approximate surface area is 149 Å². The van der Waals surface area contributed by atoms with Crippen LogP contribution in [0, 0.1) is 17.2 Å². The summed E-state index contributed by atoms with van der Waals surface area (Å²) in [5.41, 5.74) is 1.19. The number of rotatable bonds is 3. The van der Waals surface area contributed by atoms with Gasteiger partial charge in [0.1, 0.15) is 0 Å². The Morgan fingerprint density at radius 3 is 2.76 bits per heavy atom. The van der Waals surface area contributed by atoms with E-state index in [9.17, 15) is 4.79 Å². The van der Waals surface area contributed by atoms with Crippen molar-refractivity contribution in [3.8, 4) is 6.07 Å². The van der Waals surface area contributed by atoms with Gasteiger partial charge in [-0.1, -0.05) is 6.07 Å². The highest BCUT2D eigenvalue weighted by atomic mass is 16.5. The van der Waals surface area contributed by atoms with Gasteiger partial charge < -0.3 is 9.64 Å². The van der Waals surface area contributed by atoms with Gasteiger partial charge in [0.15, 0.2) is 0 Å². The predicted molar refractivity (Wildman–Crippen MR) is 94.1 cm³/mol. The van der Waals surface area contributed by atoms with Crippen LogP contribution in [0.5, 0.6) is 0 Å². The first kappa shape index (κ1) is 16.6. The molecule has 0 aromatic heterocycles. The van der Waals surface area contributed by atoms with Crippen LogP contribution >= 0.6 is 0 Å². The van der Waals surface area contributed by atoms with Crippen LogP contribution in [-0.2, 0) is 4.74 Å². The first-order chi connectivity index (χ1) is 12.3. The van der Waals surface area contributed by atoms with Gasteiger partial charge in [0.05, 0.1) is 11.6 Å². The number of benzene rings is 1. The molecular weight excluding hydrogens is 314 g/mol. The first-order valence-corrected chi connectivity index (χ1v) is 9.39. The van der Waals surface area contributed by atoms with Gasteiger partial charge in [-0.2, -0.15) is 5.26 Å². The second-order valence-electron chi connectivity index (χ2n) is 7.45. The average Bonchev–Trinajstić information content (AvgIpc) is 3.25. The minimum Gasteiger partial charge on any atom is -0.381 e. The lowest BCUT2D eigenvalue weighted by molar-refractivity contribution is 0.0502. The molecule has 2 atom stereocenters. The highest BCUT2D eigenvalue weighted by Crippen LogP contribution is 2.34. The number of nitriles is 1. The highest BCUT2D eigenvalue weighted by Gasteiger charge is 2.44. The van der Waals surface area contributed by atoms with Crippen LogP contribution in [0.2, 0.25) is 0 Å². The Bertz CT molecular complexity index is 678. The third-order valence-corrected chi connectivity index (χ3v) is 6.02. The molecule has 5 heteroatoms. The maximum atomic E-state index is 12.9. The van der Waals surface area contributed by atoms with Gasteiger partial charge in [0.25, 0.3) is 5.91 Å². The van der Waals surface area contributed by atoms with Gasteiger partial charge in [0.2, 0.25) is 0 Å². The SMILES string of the molecule is N#Cc1cccc(C(=O)N2CC[C@@H]3[C@@H]2CCN3CC2CCOCC2)c1. The molecule has 3 saturated heterocycles. The van der Waals surface area contributed by atoms with E-state index in [4.69, 9.17) is 10.00 Å². The van der Waals surface area contributed by atoms with Crippen molar-refractivity contribution in [3.05, 3.63) is 35.4 Å². The van der Waals surface area contributed by atoms with E-state index in [-0.39, 0.29) is 5.91 Å². The molecule has 0 spiro atoms. The summed E-state index contributed by atoms with van der Waals surface area (Å²) in [5, 5.41) is 9.06. The Hall–Kier alpha value is -1.90. The number of likely N-dealkylation sites (tertiary alicyclic amines) is 2. The van der Waals surface area contributed by atoms with E-state index >= 15 is 0 Å². The molecule has 3 fully saturated rings. The number of ether oxygens (including phenoxy) is 1. The molecule has 5 nitrogen and oxygen atoms in total. The average molecular weight is 339 g/mol. The summed E-state index contributed by atoms with van der Waals surface area (Å²) in [4.78, 5) is 17.6. The fourth-order valence-corrected chi connectivity index (χ4v) is 4.70. The first-order valence-electron chi connectivity index (χ1n) is 9.39. The number of carbonyl (C=O) groups excluding carboxylic acids is 1. The van der Waals surface area contributed by atoms with E-state index < -0.39 is 0 Å². The molecule has 0 unspecified atom stereocenters. The molecule has 0 aliphatic carbocycles. The second kappa shape index (κ2) is 7.15. The minimum absolute atomic E-state index is 0.0810. The van der Waals surface area contributed by atoms with Crippen LogP contribution in [0.15, 0.2) is 24.3 Å². The normalized spacial score (nSPS) is 27.2. The Kier molecular flexibility index (Phi) is 4.74. The summed E-state index contributed by atoms with van der Waals surface area (Å²) in [5.74, 6) is 0.821. The molecule has 3 aliphatic heterocycles. The fourth-order valence-electron chi connectivity index (χ4n) is 4.70. The number of amides is 1. The topological polar surface area (TPSA) is 56.6 Å². The van der Waals surface area contributed by atoms with Crippen LogP contribution < -0.4 is 0 Å². The van der Waals surface area contributed by atoms with Gasteiger partial charge in [-0.3, -0.25) is 9.69 Å². The standard InChI is InChI=1S/C20H25N3O2/c21-13-16-2-1-3-17(12-16)20(24)23-9-5-18-19(23)4-8-22(18)14-15-6-10-25-11-7-15/h1-3,12,15,18-19H,4-11,14H2/t18-,19+/m1/s1. The largest absolute Gasteiger partial charge is 0.381 e. The molecule has 0 N–H and O–H groups in total. The summed E-state index contributed by atoms with van der Waals surface area (Å²) in [6.07, 6.45) is 4.46. The Morgan fingerprint density at radius 1 is 1.16 bits per heavy atom. The van der Waals surface area contributed by atoms with E-state index in [0.29, 0.717) is 23.2 Å². The molecule has 1 amide bonds. The highest BCUT2D eigenvalue weighted by molar-refractivity contribution is 5.95. The van der Waals surface area contributed by atoms with Crippen LogP contribution in [0.4, 0.5) is 0 Å². The van der Waals surface area contributed by atoms with Crippen molar-refractivity contribution in [3.63, 3.8) is 0 Å². The van der Waals surface area contributed by atoms with Crippen molar-refractivity contribution in [2.24, 2.45) is 5.92 Å². The van der Waals surface area contributed by atoms with E-state index in [1.807, 2.05) is 11.0 Å². The van der Waals surface area contributed by atoms with E-state index in [1.54, 1.807) is 18.2 Å². The Morgan fingerprint density at radius 2 is 1.96 bits per heavy atom. The molecule has 3 heterocycles. The van der Waals surface area contributed by atoms with Gasteiger partial charge >= 0.3 is 0 Å². The van der Waals surface area contributed by atoms with Gasteiger partial charge in [-0.15, -0.1) is 0 Å². The second-order valence-corrected chi connectivity index (χ2v) is 7.45. The van der Waals surface area contributed by atoms with E-state index in [0.717, 1.165) is 64.4 Å². The lowest BCUT2D eigenvalue weighted by atomic mass is 9.99. The van der Waals surface area contributed by atoms with Crippen molar-refractivity contribution < 1.29 is 9.53 Å². The molecule has 0 radical (unpaired) electrons. The number of fused-ring (bicyclic) bond motifs is 1. The molecule has 3 aliphatic rings. The third-order valence-electron chi connectivity index (χ3n) is 6.02. The lowest BCUT2D eigenvalue weighted by Crippen LogP contribution is -2.41. The lowest BCUT2D eigenvalue weighted by Gasteiger charge is -2.30. The van der Waals surface area contributed by atoms with E-state index in [1.165, 1.54) is 0 Å². The fraction of sp³-hybridized carbons (Fsp3) is 0.600. The van der Waals surface area contributed by atoms with Crippen LogP contribution in [0.3, 0.4) is 0 Å². The minimum atomic E-state index is 0.0810. The van der Waals surface area contributed by atoms with Crippen molar-refractivity contribution in [1.82, 2.24) is 9.80 Å². The molecule has 0 bridgehead atoms. The van der Waals surface area contributed by atoms with E-state index in [2.05, 4.69) is 11.0 Å². The predicted octanol–water partition coefficient (Wildman–Crippen LogP) is 2.27. The quantitative estimate of drug-likeness (QED) is 0.848. The van der Waals surface area contributed by atoms with Gasteiger partial charge in [0, 0.05) is 50.5 Å². The molecule has 1 aromatic carbocycles. The molecule has 0 saturated carbocycles. The number of hydrogen-bond acceptors (Lipinski definition) is 4. The molecule has 132 valence electrons. The van der Waals surface area contributed by atoms with Crippen molar-refractivity contribution in [2.45, 2.75) is 37.8 Å². The van der Waals surface area contributed by atoms with Crippen LogP contribution in [0.1, 0.15) is 41.6 Å². The zero-order valence-electron chi connectivity index (χ0n) is 14.6. The maximum absolute atomic E-state index is 12.9. The smallest absolute Gasteiger partial charge is 0.254 e. The summed E-state index contributed by atoms with van der Waals surface area (Å²) in [7, 11) is 0. The summed E-state index contributed by atoms with van der Waals surface area (Å²) >= 11 is 0. The van der Waals surface area contributed by atoms with Crippen molar-refractivity contribution in [1.29, 1.82) is 5.26 Å². The molecular formula is C20H25N3O2. The van der Waals surface area contributed by atoms with Crippen LogP contribution in [-0.4, -0.2) is 60.6 Å². The molecule has 4 rings (SSSR count). The van der Waals surface area contributed by atoms with Gasteiger partial charge in [-0.05, 0) is 49.8 Å². The zero-order valence-corrected chi connectivity index (χ0v) is 14.6. The Balaban J connectivity index is 1.42. The third kappa shape index (κ3) is 3.29. The molecule has 25 heavy (non-hydrogen) atoms.